The summed E-state index contributed by atoms with van der Waals surface area (Å²) >= 11 is 1.51. The highest BCUT2D eigenvalue weighted by Crippen LogP contribution is 2.26. The fourth-order valence-electron chi connectivity index (χ4n) is 1.43. The summed E-state index contributed by atoms with van der Waals surface area (Å²) in [5, 5.41) is 9.92. The molecule has 0 saturated carbocycles. The molecule has 1 aromatic heterocycles. The van der Waals surface area contributed by atoms with Crippen LogP contribution in [-0.2, 0) is 6.61 Å². The van der Waals surface area contributed by atoms with E-state index in [9.17, 15) is 0 Å². The molecule has 1 heterocycles. The van der Waals surface area contributed by atoms with Gasteiger partial charge in [-0.3, -0.25) is 0 Å². The lowest BCUT2D eigenvalue weighted by Crippen LogP contribution is -1.94. The van der Waals surface area contributed by atoms with Gasteiger partial charge in [-0.15, -0.1) is 11.3 Å². The van der Waals surface area contributed by atoms with Crippen molar-refractivity contribution in [2.24, 2.45) is 0 Å². The molecule has 90 valence electrons. The van der Waals surface area contributed by atoms with Crippen molar-refractivity contribution in [1.82, 2.24) is 4.98 Å². The quantitative estimate of drug-likeness (QED) is 0.885. The SMILES string of the molecule is CCCOc1ccc(-c2ncc(CO)s2)cc1. The topological polar surface area (TPSA) is 42.4 Å². The summed E-state index contributed by atoms with van der Waals surface area (Å²) in [4.78, 5) is 5.15. The van der Waals surface area contributed by atoms with Crippen molar-refractivity contribution in [1.29, 1.82) is 0 Å². The minimum Gasteiger partial charge on any atom is -0.494 e. The van der Waals surface area contributed by atoms with E-state index < -0.39 is 0 Å². The third kappa shape index (κ3) is 3.05. The Hall–Kier alpha value is -1.39. The van der Waals surface area contributed by atoms with Crippen molar-refractivity contribution in [2.75, 3.05) is 6.61 Å². The normalized spacial score (nSPS) is 10.5. The Morgan fingerprint density at radius 3 is 2.65 bits per heavy atom. The highest BCUT2D eigenvalue weighted by atomic mass is 32.1. The lowest BCUT2D eigenvalue weighted by molar-refractivity contribution is 0.285. The van der Waals surface area contributed by atoms with Crippen molar-refractivity contribution in [3.05, 3.63) is 35.3 Å². The Labute approximate surface area is 105 Å². The van der Waals surface area contributed by atoms with Crippen molar-refractivity contribution < 1.29 is 9.84 Å². The van der Waals surface area contributed by atoms with Crippen LogP contribution in [0.25, 0.3) is 10.6 Å². The number of aliphatic hydroxyl groups is 1. The third-order valence-corrected chi connectivity index (χ3v) is 3.31. The summed E-state index contributed by atoms with van der Waals surface area (Å²) in [6.07, 6.45) is 2.72. The van der Waals surface area contributed by atoms with Crippen LogP contribution in [0.3, 0.4) is 0 Å². The summed E-state index contributed by atoms with van der Waals surface area (Å²) in [6, 6.07) is 7.88. The van der Waals surface area contributed by atoms with Crippen molar-refractivity contribution in [2.45, 2.75) is 20.0 Å². The van der Waals surface area contributed by atoms with Crippen LogP contribution in [0.4, 0.5) is 0 Å². The maximum absolute atomic E-state index is 8.99. The molecule has 0 aliphatic carbocycles. The Balaban J connectivity index is 2.11. The summed E-state index contributed by atoms with van der Waals surface area (Å²) in [5.74, 6) is 0.884. The molecule has 0 spiro atoms. The number of aromatic nitrogens is 1. The van der Waals surface area contributed by atoms with Gasteiger partial charge in [0.15, 0.2) is 0 Å². The zero-order valence-electron chi connectivity index (χ0n) is 9.72. The van der Waals surface area contributed by atoms with E-state index in [1.807, 2.05) is 24.3 Å². The minimum absolute atomic E-state index is 0.0510. The second-order valence-corrected chi connectivity index (χ2v) is 4.78. The lowest BCUT2D eigenvalue weighted by atomic mass is 10.2. The van der Waals surface area contributed by atoms with Crippen molar-refractivity contribution >= 4 is 11.3 Å². The van der Waals surface area contributed by atoms with Gasteiger partial charge in [0.2, 0.25) is 0 Å². The van der Waals surface area contributed by atoms with Crippen LogP contribution < -0.4 is 4.74 Å². The molecule has 0 fully saturated rings. The van der Waals surface area contributed by atoms with Crippen LogP contribution in [-0.4, -0.2) is 16.7 Å². The van der Waals surface area contributed by atoms with Gasteiger partial charge in [0, 0.05) is 11.8 Å². The summed E-state index contributed by atoms with van der Waals surface area (Å²) in [6.45, 7) is 2.88. The van der Waals surface area contributed by atoms with Crippen LogP contribution in [0.15, 0.2) is 30.5 Å². The molecule has 3 nitrogen and oxygen atoms in total. The van der Waals surface area contributed by atoms with E-state index in [0.29, 0.717) is 0 Å². The number of hydrogen-bond acceptors (Lipinski definition) is 4. The standard InChI is InChI=1S/C13H15NO2S/c1-2-7-16-11-5-3-10(4-6-11)13-14-8-12(9-15)17-13/h3-6,8,15H,2,7,9H2,1H3. The Morgan fingerprint density at radius 2 is 2.06 bits per heavy atom. The zero-order valence-corrected chi connectivity index (χ0v) is 10.5. The zero-order chi connectivity index (χ0) is 12.1. The molecule has 0 amide bonds. The largest absolute Gasteiger partial charge is 0.494 e. The maximum atomic E-state index is 8.99. The fourth-order valence-corrected chi connectivity index (χ4v) is 2.21. The molecule has 1 N–H and O–H groups in total. The van der Waals surface area contributed by atoms with E-state index >= 15 is 0 Å². The third-order valence-electron chi connectivity index (χ3n) is 2.28. The van der Waals surface area contributed by atoms with Gasteiger partial charge in [-0.25, -0.2) is 4.98 Å². The van der Waals surface area contributed by atoms with E-state index in [4.69, 9.17) is 9.84 Å². The number of nitrogens with zero attached hydrogens (tertiary/aromatic N) is 1. The van der Waals surface area contributed by atoms with Crippen LogP contribution in [0.5, 0.6) is 5.75 Å². The predicted molar refractivity (Wildman–Crippen MR) is 69.3 cm³/mol. The Kier molecular flexibility index (Phi) is 4.12. The van der Waals surface area contributed by atoms with E-state index in [0.717, 1.165) is 34.2 Å². The molecule has 0 aliphatic heterocycles. The van der Waals surface area contributed by atoms with Crippen molar-refractivity contribution in [3.63, 3.8) is 0 Å². The molecule has 0 bridgehead atoms. The molecule has 0 atom stereocenters. The summed E-state index contributed by atoms with van der Waals surface area (Å²) in [5.41, 5.74) is 1.05. The number of benzene rings is 1. The highest BCUT2D eigenvalue weighted by Gasteiger charge is 2.04. The molecule has 2 rings (SSSR count). The van der Waals surface area contributed by atoms with Crippen LogP contribution in [0, 0.1) is 0 Å². The fraction of sp³-hybridized carbons (Fsp3) is 0.308. The number of aliphatic hydroxyl groups excluding tert-OH is 1. The molecule has 4 heteroatoms. The molecular weight excluding hydrogens is 234 g/mol. The summed E-state index contributed by atoms with van der Waals surface area (Å²) in [7, 11) is 0. The van der Waals surface area contributed by atoms with Gasteiger partial charge in [0.05, 0.1) is 18.1 Å². The van der Waals surface area contributed by atoms with E-state index in [2.05, 4.69) is 11.9 Å². The van der Waals surface area contributed by atoms with Gasteiger partial charge in [0.25, 0.3) is 0 Å². The van der Waals surface area contributed by atoms with Gasteiger partial charge in [0.1, 0.15) is 10.8 Å². The first-order valence-electron chi connectivity index (χ1n) is 5.62. The second-order valence-electron chi connectivity index (χ2n) is 3.66. The molecule has 0 radical (unpaired) electrons. The summed E-state index contributed by atoms with van der Waals surface area (Å²) < 4.78 is 5.52. The van der Waals surface area contributed by atoms with Crippen molar-refractivity contribution in [3.8, 4) is 16.3 Å². The Morgan fingerprint density at radius 1 is 1.29 bits per heavy atom. The van der Waals surface area contributed by atoms with E-state index in [1.54, 1.807) is 6.20 Å². The number of rotatable bonds is 5. The molecule has 2 aromatic rings. The van der Waals surface area contributed by atoms with E-state index in [1.165, 1.54) is 11.3 Å². The van der Waals surface area contributed by atoms with Crippen LogP contribution in [0.1, 0.15) is 18.2 Å². The lowest BCUT2D eigenvalue weighted by Gasteiger charge is -2.04. The van der Waals surface area contributed by atoms with Crippen LogP contribution in [0.2, 0.25) is 0 Å². The molecule has 0 aliphatic rings. The highest BCUT2D eigenvalue weighted by molar-refractivity contribution is 7.15. The molecule has 1 aromatic carbocycles. The molecule has 0 saturated heterocycles. The predicted octanol–water partition coefficient (Wildman–Crippen LogP) is 3.09. The van der Waals surface area contributed by atoms with Gasteiger partial charge < -0.3 is 9.84 Å². The van der Waals surface area contributed by atoms with Gasteiger partial charge in [-0.1, -0.05) is 6.92 Å². The average Bonchev–Trinajstić information content (AvgIpc) is 2.86. The second kappa shape index (κ2) is 5.80. The monoisotopic (exact) mass is 249 g/mol. The van der Waals surface area contributed by atoms with Crippen LogP contribution >= 0.6 is 11.3 Å². The molecule has 17 heavy (non-hydrogen) atoms. The Bertz CT molecular complexity index is 465. The maximum Gasteiger partial charge on any atom is 0.123 e. The minimum atomic E-state index is 0.0510. The van der Waals surface area contributed by atoms with Gasteiger partial charge in [-0.2, -0.15) is 0 Å². The first-order valence-corrected chi connectivity index (χ1v) is 6.44. The van der Waals surface area contributed by atoms with E-state index in [-0.39, 0.29) is 6.61 Å². The van der Waals surface area contributed by atoms with Gasteiger partial charge in [-0.05, 0) is 30.7 Å². The smallest absolute Gasteiger partial charge is 0.123 e. The molecular formula is C13H15NO2S. The average molecular weight is 249 g/mol. The first-order chi connectivity index (χ1) is 8.33. The molecule has 0 unspecified atom stereocenters. The number of hydrogen-bond donors (Lipinski definition) is 1. The van der Waals surface area contributed by atoms with Gasteiger partial charge >= 0.3 is 0 Å². The first kappa shape index (κ1) is 12.1. The number of thiazole rings is 1. The number of ether oxygens (including phenoxy) is 1.